The minimum Gasteiger partial charge on any atom is -0.286 e. The van der Waals surface area contributed by atoms with Crippen LogP contribution in [0.4, 0.5) is 5.69 Å². The van der Waals surface area contributed by atoms with Crippen molar-refractivity contribution in [2.75, 3.05) is 5.01 Å². The molecular formula is C37H30N2OS2. The Kier molecular flexibility index (Phi) is 6.60. The van der Waals surface area contributed by atoms with E-state index in [1.807, 2.05) is 42.1 Å². The smallest absolute Gasteiger partial charge is 0.219 e. The van der Waals surface area contributed by atoms with Crippen molar-refractivity contribution in [1.82, 2.24) is 0 Å². The minimum atomic E-state index is -0.707. The van der Waals surface area contributed by atoms with E-state index in [9.17, 15) is 4.79 Å². The summed E-state index contributed by atoms with van der Waals surface area (Å²) in [6, 6.07) is 44.4. The number of benzene rings is 5. The SMILES string of the molecule is Cc1ccc(N2N=C(C(=O)c3ccccc3)S[C@]23SC(c2ccc(C)cc2)(c2ccc(C)cc2)c2ccccc23)cc1. The highest BCUT2D eigenvalue weighted by atomic mass is 32.2. The molecule has 0 aliphatic carbocycles. The van der Waals surface area contributed by atoms with Crippen LogP contribution in [-0.2, 0) is 8.95 Å². The number of Topliss-reactive ketones (excluding diaryl/α,β-unsaturated/α-hetero) is 1. The maximum atomic E-state index is 13.9. The van der Waals surface area contributed by atoms with Gasteiger partial charge >= 0.3 is 0 Å². The molecule has 0 fully saturated rings. The molecule has 0 unspecified atom stereocenters. The van der Waals surface area contributed by atoms with Gasteiger partial charge in [0.2, 0.25) is 5.78 Å². The Labute approximate surface area is 255 Å². The summed E-state index contributed by atoms with van der Waals surface area (Å²) in [7, 11) is 0. The van der Waals surface area contributed by atoms with Crippen LogP contribution in [0.25, 0.3) is 0 Å². The number of thioether (sulfide) groups is 2. The monoisotopic (exact) mass is 582 g/mol. The van der Waals surface area contributed by atoms with Crippen molar-refractivity contribution in [2.45, 2.75) is 29.7 Å². The van der Waals surface area contributed by atoms with Gasteiger partial charge in [-0.05, 0) is 49.6 Å². The zero-order chi connectivity index (χ0) is 28.9. The minimum absolute atomic E-state index is 0.0594. The Morgan fingerprint density at radius 1 is 0.619 bits per heavy atom. The number of hydrogen-bond donors (Lipinski definition) is 0. The van der Waals surface area contributed by atoms with Crippen molar-refractivity contribution in [3.8, 4) is 0 Å². The molecule has 5 heteroatoms. The molecule has 0 amide bonds. The third-order valence-corrected chi connectivity index (χ3v) is 11.4. The summed E-state index contributed by atoms with van der Waals surface area (Å²) in [5, 5.41) is 7.70. The molecule has 0 saturated carbocycles. The summed E-state index contributed by atoms with van der Waals surface area (Å²) in [5.41, 5.74) is 10.0. The molecule has 5 aromatic carbocycles. The Bertz CT molecular complexity index is 1770. The molecule has 1 spiro atoms. The van der Waals surface area contributed by atoms with Gasteiger partial charge in [0.15, 0.2) is 9.25 Å². The predicted octanol–water partition coefficient (Wildman–Crippen LogP) is 9.21. The quantitative estimate of drug-likeness (QED) is 0.193. The lowest BCUT2D eigenvalue weighted by Crippen LogP contribution is -2.34. The zero-order valence-electron chi connectivity index (χ0n) is 23.7. The lowest BCUT2D eigenvalue weighted by molar-refractivity contribution is 0.106. The number of fused-ring (bicyclic) bond motifs is 2. The van der Waals surface area contributed by atoms with Crippen molar-refractivity contribution in [1.29, 1.82) is 0 Å². The van der Waals surface area contributed by atoms with E-state index in [0.29, 0.717) is 10.6 Å². The molecule has 2 aliphatic heterocycles. The Balaban J connectivity index is 1.48. The predicted molar refractivity (Wildman–Crippen MR) is 177 cm³/mol. The van der Waals surface area contributed by atoms with E-state index in [1.165, 1.54) is 33.4 Å². The van der Waals surface area contributed by atoms with Gasteiger partial charge in [0, 0.05) is 11.1 Å². The summed E-state index contributed by atoms with van der Waals surface area (Å²) in [6.07, 6.45) is 0. The van der Waals surface area contributed by atoms with Gasteiger partial charge in [0.1, 0.15) is 0 Å². The van der Waals surface area contributed by atoms with Crippen molar-refractivity contribution in [2.24, 2.45) is 5.10 Å². The van der Waals surface area contributed by atoms with Crippen LogP contribution in [0, 0.1) is 20.8 Å². The first kappa shape index (κ1) is 26.8. The van der Waals surface area contributed by atoms with Crippen LogP contribution >= 0.6 is 23.5 Å². The number of ketones is 1. The first-order valence-corrected chi connectivity index (χ1v) is 15.7. The summed E-state index contributed by atoms with van der Waals surface area (Å²) in [6.45, 7) is 6.34. The number of nitrogens with zero attached hydrogens (tertiary/aromatic N) is 2. The van der Waals surface area contributed by atoms with Gasteiger partial charge < -0.3 is 0 Å². The average molecular weight is 583 g/mol. The lowest BCUT2D eigenvalue weighted by Gasteiger charge is -2.37. The summed E-state index contributed by atoms with van der Waals surface area (Å²) >= 11 is 3.42. The highest BCUT2D eigenvalue weighted by Gasteiger charge is 2.61. The molecule has 1 atom stereocenters. The van der Waals surface area contributed by atoms with Crippen molar-refractivity contribution < 1.29 is 4.79 Å². The second-order valence-electron chi connectivity index (χ2n) is 11.0. The number of hydrazone groups is 1. The largest absolute Gasteiger partial charge is 0.286 e. The third-order valence-electron chi connectivity index (χ3n) is 8.07. The maximum Gasteiger partial charge on any atom is 0.219 e. The zero-order valence-corrected chi connectivity index (χ0v) is 25.4. The Hall–Kier alpha value is -4.06. The number of rotatable bonds is 5. The lowest BCUT2D eigenvalue weighted by atomic mass is 9.81. The van der Waals surface area contributed by atoms with E-state index in [1.54, 1.807) is 11.8 Å². The van der Waals surface area contributed by atoms with E-state index < -0.39 is 8.95 Å². The van der Waals surface area contributed by atoms with Gasteiger partial charge in [-0.3, -0.25) is 4.79 Å². The number of anilines is 1. The van der Waals surface area contributed by atoms with E-state index >= 15 is 0 Å². The Morgan fingerprint density at radius 3 is 1.69 bits per heavy atom. The molecule has 3 nitrogen and oxygen atoms in total. The van der Waals surface area contributed by atoms with Gasteiger partial charge in [-0.15, -0.1) is 0 Å². The highest BCUT2D eigenvalue weighted by molar-refractivity contribution is 8.27. The van der Waals surface area contributed by atoms with Crippen LogP contribution in [0.2, 0.25) is 0 Å². The normalized spacial score (nSPS) is 18.6. The maximum absolute atomic E-state index is 13.9. The van der Waals surface area contributed by atoms with Crippen LogP contribution in [0.1, 0.15) is 49.3 Å². The van der Waals surface area contributed by atoms with Crippen LogP contribution in [0.15, 0.2) is 132 Å². The van der Waals surface area contributed by atoms with E-state index in [2.05, 4.69) is 123 Å². The first-order valence-electron chi connectivity index (χ1n) is 14.1. The molecule has 0 radical (unpaired) electrons. The van der Waals surface area contributed by atoms with Crippen LogP contribution in [0.5, 0.6) is 0 Å². The second kappa shape index (κ2) is 10.3. The van der Waals surface area contributed by atoms with Gasteiger partial charge in [0.05, 0.1) is 10.4 Å². The summed E-state index contributed by atoms with van der Waals surface area (Å²) in [5.74, 6) is -0.0594. The van der Waals surface area contributed by atoms with E-state index in [0.717, 1.165) is 11.3 Å². The number of carbonyl (C=O) groups excluding carboxylic acids is 1. The van der Waals surface area contributed by atoms with Crippen molar-refractivity contribution in [3.63, 3.8) is 0 Å². The topological polar surface area (TPSA) is 32.7 Å². The first-order chi connectivity index (χ1) is 20.4. The fourth-order valence-electron chi connectivity index (χ4n) is 5.86. The molecule has 0 aromatic heterocycles. The second-order valence-corrected chi connectivity index (χ2v) is 13.8. The number of carbonyl (C=O) groups is 1. The van der Waals surface area contributed by atoms with Gasteiger partial charge in [0.25, 0.3) is 0 Å². The Morgan fingerprint density at radius 2 is 1.12 bits per heavy atom. The molecule has 2 heterocycles. The molecule has 5 aromatic rings. The number of hydrogen-bond acceptors (Lipinski definition) is 5. The van der Waals surface area contributed by atoms with Crippen molar-refractivity contribution in [3.05, 3.63) is 172 Å². The van der Waals surface area contributed by atoms with Crippen molar-refractivity contribution >= 4 is 40.0 Å². The highest BCUT2D eigenvalue weighted by Crippen LogP contribution is 2.71. The fourth-order valence-corrected chi connectivity index (χ4v) is 9.48. The third kappa shape index (κ3) is 4.22. The average Bonchev–Trinajstić information content (AvgIpc) is 3.55. The summed E-state index contributed by atoms with van der Waals surface area (Å²) < 4.78 is -1.23. The van der Waals surface area contributed by atoms with Gasteiger partial charge in [-0.2, -0.15) is 5.10 Å². The van der Waals surface area contributed by atoms with Gasteiger partial charge in [-0.1, -0.05) is 155 Å². The molecule has 206 valence electrons. The molecule has 42 heavy (non-hydrogen) atoms. The fraction of sp³-hybridized carbons (Fsp3) is 0.135. The van der Waals surface area contributed by atoms with Crippen LogP contribution < -0.4 is 5.01 Å². The number of aryl methyl sites for hydroxylation is 3. The molecule has 2 aliphatic rings. The van der Waals surface area contributed by atoms with Gasteiger partial charge in [-0.25, -0.2) is 5.01 Å². The molecule has 0 saturated heterocycles. The molecular weight excluding hydrogens is 553 g/mol. The summed E-state index contributed by atoms with van der Waals surface area (Å²) in [4.78, 5) is 13.9. The van der Waals surface area contributed by atoms with Crippen LogP contribution in [0.3, 0.4) is 0 Å². The van der Waals surface area contributed by atoms with E-state index in [4.69, 9.17) is 5.10 Å². The van der Waals surface area contributed by atoms with Crippen LogP contribution in [-0.4, -0.2) is 10.8 Å². The van der Waals surface area contributed by atoms with E-state index in [-0.39, 0.29) is 5.78 Å². The standard InChI is InChI=1S/C37H30N2OS2/c1-25-13-19-29(20-14-25)36(30-21-15-26(2)16-22-30)32-11-7-8-12-33(32)37(42-36)39(31-23-17-27(3)18-24-31)38-35(41-37)34(40)28-9-5-4-6-10-28/h4-24H,1-3H3/t37-/m1/s1. The molecule has 0 bridgehead atoms. The molecule has 0 N–H and O–H groups in total. The molecule has 7 rings (SSSR count).